The molecule has 1 aliphatic rings. The van der Waals surface area contributed by atoms with E-state index in [4.69, 9.17) is 4.74 Å². The third-order valence-electron chi connectivity index (χ3n) is 4.38. The number of hydrogen-bond acceptors (Lipinski definition) is 5. The summed E-state index contributed by atoms with van der Waals surface area (Å²) < 4.78 is 20.4. The number of hydrogen-bond donors (Lipinski definition) is 0. The predicted octanol–water partition coefficient (Wildman–Crippen LogP) is 3.27. The number of pyridine rings is 1. The molecule has 0 bridgehead atoms. The zero-order valence-corrected chi connectivity index (χ0v) is 13.4. The first-order valence-electron chi connectivity index (χ1n) is 7.96. The van der Waals surface area contributed by atoms with Crippen LogP contribution in [0.1, 0.15) is 16.1 Å². The van der Waals surface area contributed by atoms with Crippen molar-refractivity contribution in [2.75, 3.05) is 0 Å². The summed E-state index contributed by atoms with van der Waals surface area (Å²) in [4.78, 5) is 25.2. The van der Waals surface area contributed by atoms with E-state index >= 15 is 0 Å². The average molecular weight is 346 g/mol. The van der Waals surface area contributed by atoms with E-state index in [0.717, 1.165) is 5.56 Å². The smallest absolute Gasteiger partial charge is 0.341 e. The second-order valence-electron chi connectivity index (χ2n) is 5.88. The Morgan fingerprint density at radius 3 is 2.81 bits per heavy atom. The van der Waals surface area contributed by atoms with E-state index < -0.39 is 5.97 Å². The summed E-state index contributed by atoms with van der Waals surface area (Å²) >= 11 is 0. The van der Waals surface area contributed by atoms with Crippen molar-refractivity contribution in [3.05, 3.63) is 72.2 Å². The predicted molar refractivity (Wildman–Crippen MR) is 90.7 cm³/mol. The summed E-state index contributed by atoms with van der Waals surface area (Å²) in [5.41, 5.74) is 4.42. The van der Waals surface area contributed by atoms with Crippen LogP contribution < -0.4 is 0 Å². The van der Waals surface area contributed by atoms with Gasteiger partial charge in [-0.25, -0.2) is 14.2 Å². The number of esters is 1. The number of nitrogens with zero attached hydrogens (tertiary/aromatic N) is 4. The maximum atomic E-state index is 13.4. The van der Waals surface area contributed by atoms with Crippen LogP contribution in [0.15, 0.2) is 55.1 Å². The van der Waals surface area contributed by atoms with Gasteiger partial charge in [-0.15, -0.1) is 0 Å². The lowest BCUT2D eigenvalue weighted by Gasteiger charge is -2.08. The summed E-state index contributed by atoms with van der Waals surface area (Å²) in [7, 11) is 0. The van der Waals surface area contributed by atoms with Crippen LogP contribution in [0.25, 0.3) is 28.2 Å². The Hall–Kier alpha value is -3.61. The molecule has 0 unspecified atom stereocenters. The van der Waals surface area contributed by atoms with E-state index in [-0.39, 0.29) is 12.4 Å². The molecule has 0 fully saturated rings. The Bertz CT molecular complexity index is 1170. The number of cyclic esters (lactones) is 1. The molecule has 0 saturated carbocycles. The Balaban J connectivity index is 1.86. The molecule has 1 aliphatic heterocycles. The highest BCUT2D eigenvalue weighted by atomic mass is 19.1. The van der Waals surface area contributed by atoms with Crippen molar-refractivity contribution in [3.63, 3.8) is 0 Å². The van der Waals surface area contributed by atoms with Gasteiger partial charge in [0.2, 0.25) is 0 Å². The first-order chi connectivity index (χ1) is 12.7. The summed E-state index contributed by atoms with van der Waals surface area (Å²) in [6.45, 7) is 0.159. The minimum Gasteiger partial charge on any atom is -0.455 e. The molecule has 1 aromatic carbocycles. The average Bonchev–Trinajstić information content (AvgIpc) is 3.23. The lowest BCUT2D eigenvalue weighted by molar-refractivity contribution is 0.0534. The van der Waals surface area contributed by atoms with Crippen LogP contribution >= 0.6 is 0 Å². The molecule has 0 amide bonds. The summed E-state index contributed by atoms with van der Waals surface area (Å²) in [5.74, 6) is -0.730. The molecule has 0 saturated heterocycles. The van der Waals surface area contributed by atoms with Crippen molar-refractivity contribution >= 4 is 11.6 Å². The normalized spacial score (nSPS) is 13.0. The fourth-order valence-electron chi connectivity index (χ4n) is 3.22. The number of carbonyl (C=O) groups excluding carboxylic acids is 1. The third-order valence-corrected chi connectivity index (χ3v) is 4.38. The molecular weight excluding hydrogens is 335 g/mol. The van der Waals surface area contributed by atoms with Crippen LogP contribution in [0.5, 0.6) is 0 Å². The molecule has 0 spiro atoms. The molecular formula is C19H11FN4O2. The third kappa shape index (κ3) is 2.10. The van der Waals surface area contributed by atoms with Gasteiger partial charge in [0.05, 0.1) is 28.8 Å². The minimum atomic E-state index is -0.405. The molecule has 126 valence electrons. The van der Waals surface area contributed by atoms with E-state index in [1.54, 1.807) is 43.0 Å². The Labute approximate surface area is 146 Å². The molecule has 0 atom stereocenters. The van der Waals surface area contributed by atoms with Gasteiger partial charge in [-0.2, -0.15) is 0 Å². The summed E-state index contributed by atoms with van der Waals surface area (Å²) in [6, 6.07) is 7.85. The summed E-state index contributed by atoms with van der Waals surface area (Å²) in [5, 5.41) is 0. The van der Waals surface area contributed by atoms with Gasteiger partial charge in [0.1, 0.15) is 12.4 Å². The largest absolute Gasteiger partial charge is 0.455 e. The molecule has 3 aromatic heterocycles. The van der Waals surface area contributed by atoms with Crippen molar-refractivity contribution in [2.45, 2.75) is 6.61 Å². The molecule has 4 heterocycles. The molecule has 5 rings (SSSR count). The minimum absolute atomic E-state index is 0.159. The fraction of sp³-hybridized carbons (Fsp3) is 0.0526. The van der Waals surface area contributed by atoms with Crippen LogP contribution in [0, 0.1) is 5.82 Å². The van der Waals surface area contributed by atoms with Crippen LogP contribution in [0.2, 0.25) is 0 Å². The first-order valence-corrected chi connectivity index (χ1v) is 7.96. The lowest BCUT2D eigenvalue weighted by Crippen LogP contribution is -2.01. The number of ether oxygens (including phenoxy) is 1. The van der Waals surface area contributed by atoms with Gasteiger partial charge in [-0.1, -0.05) is 0 Å². The molecule has 26 heavy (non-hydrogen) atoms. The van der Waals surface area contributed by atoms with Gasteiger partial charge < -0.3 is 4.74 Å². The highest BCUT2D eigenvalue weighted by Gasteiger charge is 2.29. The number of benzene rings is 1. The standard InChI is InChI=1S/C19H11FN4O2/c20-12-3-1-11(2-4-12)17-18(24-8-7-21-9-15(24)23-17)13-5-6-22-14-10-26-19(25)16(13)14/h1-9H,10H2. The van der Waals surface area contributed by atoms with E-state index in [0.29, 0.717) is 33.9 Å². The lowest BCUT2D eigenvalue weighted by atomic mass is 10.0. The number of carbonyl (C=O) groups is 1. The van der Waals surface area contributed by atoms with Gasteiger partial charge in [0.25, 0.3) is 0 Å². The SMILES string of the molecule is O=C1OCc2nccc(-c3c(-c4ccc(F)cc4)nc4cnccn34)c21. The van der Waals surface area contributed by atoms with Crippen LogP contribution in [0.4, 0.5) is 4.39 Å². The van der Waals surface area contributed by atoms with Gasteiger partial charge in [0.15, 0.2) is 5.65 Å². The highest BCUT2D eigenvalue weighted by molar-refractivity contribution is 6.01. The van der Waals surface area contributed by atoms with Crippen LogP contribution in [-0.2, 0) is 11.3 Å². The number of rotatable bonds is 2. The van der Waals surface area contributed by atoms with Crippen LogP contribution in [-0.4, -0.2) is 25.3 Å². The first kappa shape index (κ1) is 14.7. The van der Waals surface area contributed by atoms with Gasteiger partial charge in [-0.3, -0.25) is 14.4 Å². The Kier molecular flexibility index (Phi) is 3.08. The number of imidazole rings is 1. The number of halogens is 1. The van der Waals surface area contributed by atoms with E-state index in [1.165, 1.54) is 12.1 Å². The second kappa shape index (κ2) is 5.45. The zero-order valence-electron chi connectivity index (χ0n) is 13.4. The Morgan fingerprint density at radius 2 is 1.96 bits per heavy atom. The maximum Gasteiger partial charge on any atom is 0.341 e. The molecule has 0 aliphatic carbocycles. The maximum absolute atomic E-state index is 13.4. The van der Waals surface area contributed by atoms with Crippen molar-refractivity contribution in [2.24, 2.45) is 0 Å². The van der Waals surface area contributed by atoms with Crippen molar-refractivity contribution in [3.8, 4) is 22.5 Å². The summed E-state index contributed by atoms with van der Waals surface area (Å²) in [6.07, 6.45) is 6.70. The van der Waals surface area contributed by atoms with E-state index in [9.17, 15) is 9.18 Å². The van der Waals surface area contributed by atoms with Crippen molar-refractivity contribution < 1.29 is 13.9 Å². The second-order valence-corrected chi connectivity index (χ2v) is 5.88. The van der Waals surface area contributed by atoms with Gasteiger partial charge in [0, 0.05) is 29.7 Å². The number of fused-ring (bicyclic) bond motifs is 2. The van der Waals surface area contributed by atoms with Crippen LogP contribution in [0.3, 0.4) is 0 Å². The Morgan fingerprint density at radius 1 is 1.12 bits per heavy atom. The number of aromatic nitrogens is 4. The van der Waals surface area contributed by atoms with Gasteiger partial charge in [-0.05, 0) is 30.3 Å². The molecule has 4 aromatic rings. The van der Waals surface area contributed by atoms with Crippen molar-refractivity contribution in [1.29, 1.82) is 0 Å². The zero-order chi connectivity index (χ0) is 17.7. The quantitative estimate of drug-likeness (QED) is 0.521. The topological polar surface area (TPSA) is 69.4 Å². The highest BCUT2D eigenvalue weighted by Crippen LogP contribution is 2.37. The van der Waals surface area contributed by atoms with Crippen molar-refractivity contribution in [1.82, 2.24) is 19.4 Å². The molecule has 0 radical (unpaired) electrons. The molecule has 0 N–H and O–H groups in total. The molecule has 6 nitrogen and oxygen atoms in total. The monoisotopic (exact) mass is 346 g/mol. The van der Waals surface area contributed by atoms with E-state index in [2.05, 4.69) is 15.0 Å². The van der Waals surface area contributed by atoms with Gasteiger partial charge >= 0.3 is 5.97 Å². The fourth-order valence-corrected chi connectivity index (χ4v) is 3.22. The van der Waals surface area contributed by atoms with E-state index in [1.807, 2.05) is 4.40 Å². The molecule has 7 heteroatoms.